The first-order valence-corrected chi connectivity index (χ1v) is 5.03. The fourth-order valence-corrected chi connectivity index (χ4v) is 1.70. The van der Waals surface area contributed by atoms with E-state index in [1.807, 2.05) is 19.3 Å². The van der Waals surface area contributed by atoms with Crippen molar-refractivity contribution in [1.29, 1.82) is 0 Å². The molecular weight excluding hydrogens is 176 g/mol. The normalized spacial score (nSPS) is 25.6. The van der Waals surface area contributed by atoms with Gasteiger partial charge in [0.1, 0.15) is 0 Å². The third-order valence-electron chi connectivity index (χ3n) is 2.68. The van der Waals surface area contributed by atoms with Crippen molar-refractivity contribution in [3.8, 4) is 0 Å². The van der Waals surface area contributed by atoms with Crippen LogP contribution in [0.25, 0.3) is 0 Å². The lowest BCUT2D eigenvalue weighted by molar-refractivity contribution is 0.290. The molecule has 1 aliphatic carbocycles. The van der Waals surface area contributed by atoms with Gasteiger partial charge < -0.3 is 11.1 Å². The number of anilines is 1. The van der Waals surface area contributed by atoms with Crippen LogP contribution in [0.15, 0.2) is 12.4 Å². The van der Waals surface area contributed by atoms with E-state index < -0.39 is 0 Å². The first-order chi connectivity index (χ1) is 6.78. The lowest BCUT2D eigenvalue weighted by atomic mass is 9.80. The Bertz CT molecular complexity index is 289. The van der Waals surface area contributed by atoms with Gasteiger partial charge in [0.25, 0.3) is 0 Å². The molecule has 0 bridgehead atoms. The van der Waals surface area contributed by atoms with E-state index >= 15 is 0 Å². The van der Waals surface area contributed by atoms with Gasteiger partial charge in [-0.05, 0) is 37.8 Å². The van der Waals surface area contributed by atoms with Crippen molar-refractivity contribution in [3.63, 3.8) is 0 Å². The van der Waals surface area contributed by atoms with Crippen LogP contribution in [-0.2, 0) is 0 Å². The molecule has 0 aromatic carbocycles. The molecule has 0 unspecified atom stereocenters. The fraction of sp³-hybridized carbons (Fsp3) is 0.600. The third kappa shape index (κ3) is 2.01. The lowest BCUT2D eigenvalue weighted by Gasteiger charge is -2.34. The van der Waals surface area contributed by atoms with E-state index in [1.165, 1.54) is 0 Å². The number of nitrogens with one attached hydrogen (secondary N) is 1. The van der Waals surface area contributed by atoms with Gasteiger partial charge in [-0.2, -0.15) is 0 Å². The number of aryl methyl sites for hydroxylation is 1. The molecular formula is C10H16N4. The summed E-state index contributed by atoms with van der Waals surface area (Å²) in [7, 11) is 0. The Morgan fingerprint density at radius 3 is 2.64 bits per heavy atom. The number of nitrogens with zero attached hydrogens (tertiary/aromatic N) is 2. The van der Waals surface area contributed by atoms with Crippen LogP contribution in [-0.4, -0.2) is 22.6 Å². The average Bonchev–Trinajstić information content (AvgIpc) is 2.13. The second kappa shape index (κ2) is 3.92. The summed E-state index contributed by atoms with van der Waals surface area (Å²) in [5, 5.41) is 3.29. The molecule has 0 radical (unpaired) electrons. The summed E-state index contributed by atoms with van der Waals surface area (Å²) >= 11 is 0. The van der Waals surface area contributed by atoms with Gasteiger partial charge in [0.2, 0.25) is 5.95 Å². The van der Waals surface area contributed by atoms with Gasteiger partial charge in [0.05, 0.1) is 0 Å². The van der Waals surface area contributed by atoms with Crippen molar-refractivity contribution in [2.24, 2.45) is 11.7 Å². The molecule has 1 aromatic heterocycles. The Morgan fingerprint density at radius 1 is 1.43 bits per heavy atom. The second-order valence-corrected chi connectivity index (χ2v) is 4.00. The maximum Gasteiger partial charge on any atom is 0.222 e. The minimum absolute atomic E-state index is 0.520. The summed E-state index contributed by atoms with van der Waals surface area (Å²) in [5.41, 5.74) is 6.64. The number of rotatable bonds is 3. The zero-order valence-electron chi connectivity index (χ0n) is 8.40. The number of hydrogen-bond acceptors (Lipinski definition) is 4. The summed E-state index contributed by atoms with van der Waals surface area (Å²) < 4.78 is 0. The molecule has 0 spiro atoms. The van der Waals surface area contributed by atoms with Crippen LogP contribution < -0.4 is 11.1 Å². The molecule has 0 amide bonds. The molecule has 0 aliphatic heterocycles. The Hall–Kier alpha value is -1.16. The predicted octanol–water partition coefficient (Wildman–Crippen LogP) is 0.934. The summed E-state index contributed by atoms with van der Waals surface area (Å²) in [6.45, 7) is 2.78. The molecule has 0 atom stereocenters. The molecule has 1 saturated carbocycles. The van der Waals surface area contributed by atoms with E-state index in [0.717, 1.165) is 30.9 Å². The van der Waals surface area contributed by atoms with Gasteiger partial charge in [-0.25, -0.2) is 9.97 Å². The van der Waals surface area contributed by atoms with Crippen LogP contribution in [0, 0.1) is 12.8 Å². The zero-order chi connectivity index (χ0) is 9.97. The topological polar surface area (TPSA) is 63.8 Å². The molecule has 76 valence electrons. The number of hydrogen-bond donors (Lipinski definition) is 2. The SMILES string of the molecule is Cc1cnc(NC2CC(CN)C2)nc1. The Labute approximate surface area is 83.9 Å². The molecule has 1 aliphatic rings. The summed E-state index contributed by atoms with van der Waals surface area (Å²) in [5.74, 6) is 1.43. The molecule has 4 heteroatoms. The Kier molecular flexibility index (Phi) is 2.63. The average molecular weight is 192 g/mol. The summed E-state index contributed by atoms with van der Waals surface area (Å²) in [4.78, 5) is 8.39. The summed E-state index contributed by atoms with van der Waals surface area (Å²) in [6, 6.07) is 0.520. The molecule has 1 aromatic rings. The van der Waals surface area contributed by atoms with Gasteiger partial charge in [-0.1, -0.05) is 0 Å². The van der Waals surface area contributed by atoms with Crippen molar-refractivity contribution in [1.82, 2.24) is 9.97 Å². The van der Waals surface area contributed by atoms with Crippen LogP contribution in [0.2, 0.25) is 0 Å². The van der Waals surface area contributed by atoms with E-state index in [0.29, 0.717) is 12.0 Å². The van der Waals surface area contributed by atoms with Crippen LogP contribution in [0.3, 0.4) is 0 Å². The van der Waals surface area contributed by atoms with Gasteiger partial charge >= 0.3 is 0 Å². The van der Waals surface area contributed by atoms with E-state index in [-0.39, 0.29) is 0 Å². The maximum absolute atomic E-state index is 5.55. The largest absolute Gasteiger partial charge is 0.351 e. The predicted molar refractivity (Wildman–Crippen MR) is 56.0 cm³/mol. The van der Waals surface area contributed by atoms with Crippen LogP contribution >= 0.6 is 0 Å². The van der Waals surface area contributed by atoms with E-state index in [1.54, 1.807) is 0 Å². The standard InChI is InChI=1S/C10H16N4/c1-7-5-12-10(13-6-7)14-9-2-8(3-9)4-11/h5-6,8-9H,2-4,11H2,1H3,(H,12,13,14). The monoisotopic (exact) mass is 192 g/mol. The van der Waals surface area contributed by atoms with Gasteiger partial charge in [0.15, 0.2) is 0 Å². The van der Waals surface area contributed by atoms with Crippen molar-refractivity contribution in [2.75, 3.05) is 11.9 Å². The minimum atomic E-state index is 0.520. The van der Waals surface area contributed by atoms with Gasteiger partial charge in [-0.15, -0.1) is 0 Å². The van der Waals surface area contributed by atoms with Crippen LogP contribution in [0.5, 0.6) is 0 Å². The third-order valence-corrected chi connectivity index (χ3v) is 2.68. The molecule has 1 heterocycles. The first-order valence-electron chi connectivity index (χ1n) is 5.03. The summed E-state index contributed by atoms with van der Waals surface area (Å²) in [6.07, 6.45) is 5.95. The first kappa shape index (κ1) is 9.40. The number of aromatic nitrogens is 2. The quantitative estimate of drug-likeness (QED) is 0.748. The van der Waals surface area contributed by atoms with E-state index in [4.69, 9.17) is 5.73 Å². The highest BCUT2D eigenvalue weighted by Gasteiger charge is 2.27. The van der Waals surface area contributed by atoms with Gasteiger partial charge in [-0.3, -0.25) is 0 Å². The molecule has 2 rings (SSSR count). The van der Waals surface area contributed by atoms with Crippen LogP contribution in [0.1, 0.15) is 18.4 Å². The van der Waals surface area contributed by atoms with Crippen molar-refractivity contribution >= 4 is 5.95 Å². The van der Waals surface area contributed by atoms with E-state index in [2.05, 4.69) is 15.3 Å². The highest BCUT2D eigenvalue weighted by molar-refractivity contribution is 5.27. The smallest absolute Gasteiger partial charge is 0.222 e. The highest BCUT2D eigenvalue weighted by atomic mass is 15.1. The Balaban J connectivity index is 1.84. The zero-order valence-corrected chi connectivity index (χ0v) is 8.40. The molecule has 1 fully saturated rings. The molecule has 4 nitrogen and oxygen atoms in total. The van der Waals surface area contributed by atoms with Gasteiger partial charge in [0, 0.05) is 18.4 Å². The molecule has 0 saturated heterocycles. The van der Waals surface area contributed by atoms with Crippen molar-refractivity contribution in [2.45, 2.75) is 25.8 Å². The lowest BCUT2D eigenvalue weighted by Crippen LogP contribution is -2.39. The van der Waals surface area contributed by atoms with Crippen LogP contribution in [0.4, 0.5) is 5.95 Å². The number of nitrogens with two attached hydrogens (primary N) is 1. The minimum Gasteiger partial charge on any atom is -0.351 e. The second-order valence-electron chi connectivity index (χ2n) is 4.00. The Morgan fingerprint density at radius 2 is 2.07 bits per heavy atom. The van der Waals surface area contributed by atoms with Crippen molar-refractivity contribution < 1.29 is 0 Å². The molecule has 3 N–H and O–H groups in total. The fourth-order valence-electron chi connectivity index (χ4n) is 1.70. The highest BCUT2D eigenvalue weighted by Crippen LogP contribution is 2.28. The van der Waals surface area contributed by atoms with E-state index in [9.17, 15) is 0 Å². The maximum atomic E-state index is 5.55. The van der Waals surface area contributed by atoms with Crippen molar-refractivity contribution in [3.05, 3.63) is 18.0 Å². The molecule has 14 heavy (non-hydrogen) atoms.